The molecule has 0 fully saturated rings. The Kier molecular flexibility index (Phi) is 3.62. The van der Waals surface area contributed by atoms with Crippen molar-refractivity contribution in [2.24, 2.45) is 0 Å². The fourth-order valence-corrected chi connectivity index (χ4v) is 1.65. The summed E-state index contributed by atoms with van der Waals surface area (Å²) < 4.78 is 7.51. The minimum atomic E-state index is -0.884. The highest BCUT2D eigenvalue weighted by atomic mass is 16.5. The summed E-state index contributed by atoms with van der Waals surface area (Å²) in [6.07, 6.45) is 3.40. The van der Waals surface area contributed by atoms with Crippen LogP contribution in [0.15, 0.2) is 36.7 Å². The van der Waals surface area contributed by atoms with Crippen LogP contribution in [0.5, 0.6) is 11.8 Å². The fraction of sp³-hybridized carbons (Fsp3) is 0.231. The number of hydrogen-bond acceptors (Lipinski definition) is 3. The van der Waals surface area contributed by atoms with Crippen LogP contribution in [0.25, 0.3) is 0 Å². The van der Waals surface area contributed by atoms with E-state index in [4.69, 9.17) is 9.84 Å². The predicted octanol–water partition coefficient (Wildman–Crippen LogP) is 2.32. The topological polar surface area (TPSA) is 64.4 Å². The Hall–Kier alpha value is -2.30. The number of nitrogens with zero attached hydrogens (tertiary/aromatic N) is 2. The smallest absolute Gasteiger partial charge is 0.307 e. The van der Waals surface area contributed by atoms with Gasteiger partial charge in [0.1, 0.15) is 5.75 Å². The summed E-state index contributed by atoms with van der Waals surface area (Å²) in [6, 6.07) is 7.54. The van der Waals surface area contributed by atoms with Crippen molar-refractivity contribution in [1.29, 1.82) is 0 Å². The summed E-state index contributed by atoms with van der Waals surface area (Å²) in [5.41, 5.74) is 0.635. The fourth-order valence-electron chi connectivity index (χ4n) is 1.65. The standard InChI is InChI=1S/C13H14N2O3/c1-2-15-8-7-14-13(15)18-11-6-4-3-5-10(11)9-12(16)17/h3-8H,2,9H2,1H3,(H,16,17). The Bertz CT molecular complexity index is 549. The molecular formula is C13H14N2O3. The van der Waals surface area contributed by atoms with Gasteiger partial charge in [-0.2, -0.15) is 0 Å². The molecule has 0 aliphatic heterocycles. The summed E-state index contributed by atoms with van der Waals surface area (Å²) in [6.45, 7) is 2.73. The molecule has 0 spiro atoms. The maximum Gasteiger partial charge on any atom is 0.307 e. The van der Waals surface area contributed by atoms with Crippen LogP contribution in [-0.4, -0.2) is 20.6 Å². The van der Waals surface area contributed by atoms with E-state index in [0.717, 1.165) is 6.54 Å². The molecule has 0 radical (unpaired) electrons. The van der Waals surface area contributed by atoms with E-state index in [1.54, 1.807) is 30.5 Å². The molecule has 2 rings (SSSR count). The third kappa shape index (κ3) is 2.68. The first-order valence-electron chi connectivity index (χ1n) is 5.69. The Morgan fingerprint density at radius 1 is 1.44 bits per heavy atom. The second-order valence-corrected chi connectivity index (χ2v) is 3.78. The number of rotatable bonds is 5. The largest absolute Gasteiger partial charge is 0.481 e. The number of imidazole rings is 1. The molecule has 1 N–H and O–H groups in total. The lowest BCUT2D eigenvalue weighted by Gasteiger charge is -2.10. The predicted molar refractivity (Wildman–Crippen MR) is 65.8 cm³/mol. The molecular weight excluding hydrogens is 232 g/mol. The first-order chi connectivity index (χ1) is 8.70. The van der Waals surface area contributed by atoms with Crippen LogP contribution in [0.3, 0.4) is 0 Å². The van der Waals surface area contributed by atoms with Crippen molar-refractivity contribution >= 4 is 5.97 Å². The van der Waals surface area contributed by atoms with Gasteiger partial charge in [0.2, 0.25) is 0 Å². The molecule has 1 heterocycles. The third-order valence-corrected chi connectivity index (χ3v) is 2.53. The van der Waals surface area contributed by atoms with E-state index in [-0.39, 0.29) is 6.42 Å². The van der Waals surface area contributed by atoms with Gasteiger partial charge in [0.05, 0.1) is 6.42 Å². The van der Waals surface area contributed by atoms with E-state index in [0.29, 0.717) is 17.3 Å². The zero-order chi connectivity index (χ0) is 13.0. The Morgan fingerprint density at radius 3 is 2.94 bits per heavy atom. The summed E-state index contributed by atoms with van der Waals surface area (Å²) in [5.74, 6) is -0.356. The van der Waals surface area contributed by atoms with Crippen molar-refractivity contribution in [1.82, 2.24) is 9.55 Å². The molecule has 0 unspecified atom stereocenters. The maximum absolute atomic E-state index is 10.8. The molecule has 18 heavy (non-hydrogen) atoms. The van der Waals surface area contributed by atoms with Crippen molar-refractivity contribution in [2.45, 2.75) is 19.9 Å². The van der Waals surface area contributed by atoms with Crippen LogP contribution in [-0.2, 0) is 17.8 Å². The Labute approximate surface area is 105 Å². The maximum atomic E-state index is 10.8. The minimum Gasteiger partial charge on any atom is -0.481 e. The number of ether oxygens (including phenoxy) is 1. The highest BCUT2D eigenvalue weighted by Gasteiger charge is 2.10. The van der Waals surface area contributed by atoms with Crippen LogP contribution in [0, 0.1) is 0 Å². The lowest BCUT2D eigenvalue weighted by atomic mass is 10.1. The molecule has 0 saturated heterocycles. The summed E-state index contributed by atoms with van der Waals surface area (Å²) >= 11 is 0. The van der Waals surface area contributed by atoms with Crippen LogP contribution >= 0.6 is 0 Å². The van der Waals surface area contributed by atoms with Gasteiger partial charge in [0.15, 0.2) is 0 Å². The molecule has 5 heteroatoms. The van der Waals surface area contributed by atoms with Crippen LogP contribution in [0.1, 0.15) is 12.5 Å². The number of carbonyl (C=O) groups is 1. The van der Waals surface area contributed by atoms with Crippen molar-refractivity contribution < 1.29 is 14.6 Å². The lowest BCUT2D eigenvalue weighted by molar-refractivity contribution is -0.136. The van der Waals surface area contributed by atoms with Crippen LogP contribution in [0.4, 0.5) is 0 Å². The highest BCUT2D eigenvalue weighted by Crippen LogP contribution is 2.24. The Morgan fingerprint density at radius 2 is 2.22 bits per heavy atom. The quantitative estimate of drug-likeness (QED) is 0.879. The molecule has 0 aliphatic rings. The molecule has 0 bridgehead atoms. The summed E-state index contributed by atoms with van der Waals surface area (Å²) in [4.78, 5) is 14.9. The van der Waals surface area contributed by atoms with E-state index < -0.39 is 5.97 Å². The molecule has 0 amide bonds. The third-order valence-electron chi connectivity index (χ3n) is 2.53. The number of benzene rings is 1. The number of aryl methyl sites for hydroxylation is 1. The number of aromatic nitrogens is 2. The number of carboxylic acids is 1. The number of hydrogen-bond donors (Lipinski definition) is 1. The molecule has 2 aromatic rings. The second kappa shape index (κ2) is 5.35. The zero-order valence-electron chi connectivity index (χ0n) is 10.0. The Balaban J connectivity index is 2.26. The second-order valence-electron chi connectivity index (χ2n) is 3.78. The normalized spacial score (nSPS) is 10.3. The van der Waals surface area contributed by atoms with Gasteiger partial charge in [0.25, 0.3) is 0 Å². The van der Waals surface area contributed by atoms with Gasteiger partial charge < -0.3 is 14.4 Å². The van der Waals surface area contributed by atoms with Gasteiger partial charge >= 0.3 is 12.0 Å². The van der Waals surface area contributed by atoms with Gasteiger partial charge in [-0.1, -0.05) is 18.2 Å². The number of para-hydroxylation sites is 1. The van der Waals surface area contributed by atoms with E-state index in [1.807, 2.05) is 17.7 Å². The monoisotopic (exact) mass is 246 g/mol. The van der Waals surface area contributed by atoms with Gasteiger partial charge in [-0.3, -0.25) is 4.79 Å². The first-order valence-corrected chi connectivity index (χ1v) is 5.69. The molecule has 5 nitrogen and oxygen atoms in total. The van der Waals surface area contributed by atoms with E-state index in [9.17, 15) is 4.79 Å². The van der Waals surface area contributed by atoms with Crippen molar-refractivity contribution in [2.75, 3.05) is 0 Å². The summed E-state index contributed by atoms with van der Waals surface area (Å²) in [7, 11) is 0. The van der Waals surface area contributed by atoms with E-state index in [2.05, 4.69) is 4.98 Å². The van der Waals surface area contributed by atoms with Crippen LogP contribution < -0.4 is 4.74 Å². The zero-order valence-corrected chi connectivity index (χ0v) is 10.0. The molecule has 1 aromatic heterocycles. The average molecular weight is 246 g/mol. The minimum absolute atomic E-state index is 0.0665. The van der Waals surface area contributed by atoms with Crippen LogP contribution in [0.2, 0.25) is 0 Å². The first kappa shape index (κ1) is 12.2. The summed E-state index contributed by atoms with van der Waals surface area (Å²) in [5, 5.41) is 8.84. The number of carboxylic acid groups (broad SMARTS) is 1. The SMILES string of the molecule is CCn1ccnc1Oc1ccccc1CC(=O)O. The molecule has 0 aliphatic carbocycles. The van der Waals surface area contributed by atoms with Gasteiger partial charge in [0, 0.05) is 24.5 Å². The average Bonchev–Trinajstić information content (AvgIpc) is 2.78. The van der Waals surface area contributed by atoms with E-state index in [1.165, 1.54) is 0 Å². The van der Waals surface area contributed by atoms with Gasteiger partial charge in [-0.25, -0.2) is 4.98 Å². The highest BCUT2D eigenvalue weighted by molar-refractivity contribution is 5.71. The van der Waals surface area contributed by atoms with Gasteiger partial charge in [-0.15, -0.1) is 0 Å². The molecule has 94 valence electrons. The van der Waals surface area contributed by atoms with Gasteiger partial charge in [-0.05, 0) is 13.0 Å². The molecule has 1 aromatic carbocycles. The van der Waals surface area contributed by atoms with E-state index >= 15 is 0 Å². The van der Waals surface area contributed by atoms with Crippen molar-refractivity contribution in [3.63, 3.8) is 0 Å². The number of aliphatic carboxylic acids is 1. The molecule has 0 atom stereocenters. The molecule has 0 saturated carbocycles. The lowest BCUT2D eigenvalue weighted by Crippen LogP contribution is -2.03. The van der Waals surface area contributed by atoms with Crippen molar-refractivity contribution in [3.8, 4) is 11.8 Å². The van der Waals surface area contributed by atoms with Crippen molar-refractivity contribution in [3.05, 3.63) is 42.2 Å².